The van der Waals surface area contributed by atoms with Gasteiger partial charge in [-0.3, -0.25) is 19.7 Å². The summed E-state index contributed by atoms with van der Waals surface area (Å²) in [4.78, 5) is 48.0. The Labute approximate surface area is 332 Å². The molecular weight excluding hydrogens is 760 g/mol. The highest BCUT2D eigenvalue weighted by Crippen LogP contribution is 2.36. The van der Waals surface area contributed by atoms with Crippen LogP contribution in [-0.2, 0) is 16.0 Å². The van der Waals surface area contributed by atoms with Gasteiger partial charge in [0.2, 0.25) is 11.8 Å². The van der Waals surface area contributed by atoms with Gasteiger partial charge < -0.3 is 25.0 Å². The Morgan fingerprint density at radius 2 is 1.67 bits per heavy atom. The van der Waals surface area contributed by atoms with Crippen LogP contribution in [-0.4, -0.2) is 65.4 Å². The summed E-state index contributed by atoms with van der Waals surface area (Å²) in [7, 11) is 1.66. The second-order valence-electron chi connectivity index (χ2n) is 14.6. The van der Waals surface area contributed by atoms with Crippen LogP contribution < -0.4 is 25.4 Å². The lowest BCUT2D eigenvalue weighted by Crippen LogP contribution is -2.55. The monoisotopic (exact) mass is 812 g/mol. The number of aryl methyl sites for hydroxylation is 1. The minimum absolute atomic E-state index is 0.0488. The first-order valence-corrected chi connectivity index (χ1v) is 20.5. The average Bonchev–Trinajstić information content (AvgIpc) is 3.16. The molecule has 292 valence electrons. The Balaban J connectivity index is 0.841. The molecule has 1 saturated heterocycles. The fraction of sp³-hybridized carbons (Fsp3) is 0.465. The summed E-state index contributed by atoms with van der Waals surface area (Å²) in [5, 5.41) is 10.3. The van der Waals surface area contributed by atoms with Crippen LogP contribution >= 0.6 is 15.9 Å². The van der Waals surface area contributed by atoms with Gasteiger partial charge in [-0.25, -0.2) is 9.97 Å². The molecule has 2 aliphatic heterocycles. The van der Waals surface area contributed by atoms with E-state index >= 15 is 0 Å². The SMILES string of the molecule is COc1cc2c(N[C@H](C)c3cccc(Br)c3)nc(C)nc2cc1OCCCCCCCCCCCNc1ccc2c(c1)CCN(C1CCC(=O)NC1=O)C2=O. The molecule has 4 aromatic rings. The number of rotatable bonds is 19. The lowest BCUT2D eigenvalue weighted by atomic mass is 9.94. The average molecular weight is 814 g/mol. The van der Waals surface area contributed by atoms with Crippen molar-refractivity contribution >= 4 is 56.1 Å². The Kier molecular flexibility index (Phi) is 14.0. The van der Waals surface area contributed by atoms with Crippen molar-refractivity contribution in [2.75, 3.05) is 37.4 Å². The van der Waals surface area contributed by atoms with Crippen LogP contribution in [0.15, 0.2) is 59.1 Å². The van der Waals surface area contributed by atoms with Gasteiger partial charge in [-0.2, -0.15) is 0 Å². The summed E-state index contributed by atoms with van der Waals surface area (Å²) in [6.07, 6.45) is 11.9. The second kappa shape index (κ2) is 19.2. The number of nitrogens with one attached hydrogen (secondary N) is 3. The van der Waals surface area contributed by atoms with Gasteiger partial charge in [-0.05, 0) is 87.1 Å². The van der Waals surface area contributed by atoms with Gasteiger partial charge in [0.1, 0.15) is 17.7 Å². The number of benzene rings is 3. The maximum atomic E-state index is 13.1. The maximum absolute atomic E-state index is 13.1. The van der Waals surface area contributed by atoms with E-state index in [1.807, 2.05) is 43.3 Å². The number of anilines is 2. The van der Waals surface area contributed by atoms with Crippen molar-refractivity contribution < 1.29 is 23.9 Å². The molecule has 3 amide bonds. The van der Waals surface area contributed by atoms with Crippen molar-refractivity contribution in [3.63, 3.8) is 0 Å². The first-order valence-electron chi connectivity index (χ1n) is 19.7. The number of amides is 3. The number of ether oxygens (including phenoxy) is 2. The summed E-state index contributed by atoms with van der Waals surface area (Å²) in [6.45, 7) is 6.04. The molecule has 55 heavy (non-hydrogen) atoms. The summed E-state index contributed by atoms with van der Waals surface area (Å²) in [5.74, 6) is 2.07. The molecule has 11 nitrogen and oxygen atoms in total. The van der Waals surface area contributed by atoms with Crippen molar-refractivity contribution in [1.82, 2.24) is 20.2 Å². The van der Waals surface area contributed by atoms with E-state index < -0.39 is 6.04 Å². The van der Waals surface area contributed by atoms with E-state index in [1.165, 1.54) is 38.5 Å². The van der Waals surface area contributed by atoms with Gasteiger partial charge in [0, 0.05) is 46.7 Å². The lowest BCUT2D eigenvalue weighted by molar-refractivity contribution is -0.136. The minimum Gasteiger partial charge on any atom is -0.493 e. The summed E-state index contributed by atoms with van der Waals surface area (Å²) >= 11 is 3.57. The summed E-state index contributed by atoms with van der Waals surface area (Å²) in [5.41, 5.74) is 4.66. The number of imide groups is 1. The van der Waals surface area contributed by atoms with Crippen molar-refractivity contribution in [3.05, 3.63) is 81.6 Å². The molecule has 6 rings (SSSR count). The molecule has 2 atom stereocenters. The third-order valence-corrected chi connectivity index (χ3v) is 11.0. The zero-order valence-electron chi connectivity index (χ0n) is 32.2. The smallest absolute Gasteiger partial charge is 0.254 e. The van der Waals surface area contributed by atoms with Crippen LogP contribution in [0.3, 0.4) is 0 Å². The number of methoxy groups -OCH3 is 1. The highest BCUT2D eigenvalue weighted by molar-refractivity contribution is 9.10. The molecule has 1 unspecified atom stereocenters. The number of halogens is 1. The fourth-order valence-electron chi connectivity index (χ4n) is 7.47. The van der Waals surface area contributed by atoms with Gasteiger partial charge in [0.15, 0.2) is 11.5 Å². The molecule has 0 radical (unpaired) electrons. The van der Waals surface area contributed by atoms with Crippen LogP contribution in [0.1, 0.15) is 111 Å². The molecule has 3 N–H and O–H groups in total. The normalized spacial score (nSPS) is 16.1. The lowest BCUT2D eigenvalue weighted by Gasteiger charge is -2.36. The molecule has 0 spiro atoms. The highest BCUT2D eigenvalue weighted by atomic mass is 79.9. The first-order chi connectivity index (χ1) is 26.7. The molecule has 0 bridgehead atoms. The number of unbranched alkanes of at least 4 members (excludes halogenated alkanes) is 8. The standard InChI is InChI=1S/C43H53BrN6O5/c1-28(30-14-13-15-32(44)24-30)46-41-35-26-38(54-3)39(27-36(35)47-29(2)48-41)55-23-12-10-8-6-4-5-7-9-11-21-45-33-16-17-34-31(25-33)20-22-50(43(34)53)37-18-19-40(51)49-42(37)52/h13-17,24-28,37,45H,4-12,18-23H2,1-3H3,(H,46,47,48)(H,49,51,52)/t28-,37?/m1/s1. The third-order valence-electron chi connectivity index (χ3n) is 10.5. The second-order valence-corrected chi connectivity index (χ2v) is 15.5. The molecular formula is C43H53BrN6O5. The van der Waals surface area contributed by atoms with Gasteiger partial charge in [-0.15, -0.1) is 0 Å². The van der Waals surface area contributed by atoms with E-state index in [0.717, 1.165) is 63.8 Å². The van der Waals surface area contributed by atoms with Crippen LogP contribution in [0.25, 0.3) is 10.9 Å². The largest absolute Gasteiger partial charge is 0.493 e. The van der Waals surface area contributed by atoms with Gasteiger partial charge in [-0.1, -0.05) is 73.0 Å². The number of hydrogen-bond donors (Lipinski definition) is 3. The van der Waals surface area contributed by atoms with Crippen molar-refractivity contribution in [1.29, 1.82) is 0 Å². The van der Waals surface area contributed by atoms with E-state index in [4.69, 9.17) is 19.4 Å². The third kappa shape index (κ3) is 10.5. The van der Waals surface area contributed by atoms with E-state index in [0.29, 0.717) is 48.9 Å². The van der Waals surface area contributed by atoms with Crippen LogP contribution in [0.4, 0.5) is 11.5 Å². The van der Waals surface area contributed by atoms with Gasteiger partial charge in [0.05, 0.1) is 25.3 Å². The molecule has 1 fully saturated rings. The molecule has 1 aromatic heterocycles. The van der Waals surface area contributed by atoms with Gasteiger partial charge >= 0.3 is 0 Å². The maximum Gasteiger partial charge on any atom is 0.254 e. The van der Waals surface area contributed by atoms with Crippen LogP contribution in [0.2, 0.25) is 0 Å². The minimum atomic E-state index is -0.569. The zero-order valence-corrected chi connectivity index (χ0v) is 33.8. The number of aromatic nitrogens is 2. The molecule has 0 aliphatic carbocycles. The van der Waals surface area contributed by atoms with Crippen LogP contribution in [0.5, 0.6) is 11.5 Å². The Bertz CT molecular complexity index is 1990. The quantitative estimate of drug-likeness (QED) is 0.0628. The van der Waals surface area contributed by atoms with E-state index in [2.05, 4.69) is 57.0 Å². The van der Waals surface area contributed by atoms with Crippen molar-refractivity contribution in [2.45, 2.75) is 103 Å². The van der Waals surface area contributed by atoms with Crippen molar-refractivity contribution in [3.8, 4) is 11.5 Å². The summed E-state index contributed by atoms with van der Waals surface area (Å²) in [6, 6.07) is 17.5. The topological polar surface area (TPSA) is 135 Å². The number of carbonyl (C=O) groups is 3. The number of piperidine rings is 1. The molecule has 0 saturated carbocycles. The molecule has 2 aliphatic rings. The Morgan fingerprint density at radius 1 is 0.909 bits per heavy atom. The first kappa shape index (κ1) is 40.0. The van der Waals surface area contributed by atoms with Crippen molar-refractivity contribution in [2.24, 2.45) is 0 Å². The van der Waals surface area contributed by atoms with E-state index in [-0.39, 0.29) is 30.2 Å². The van der Waals surface area contributed by atoms with E-state index in [9.17, 15) is 14.4 Å². The highest BCUT2D eigenvalue weighted by Gasteiger charge is 2.37. The Hall–Kier alpha value is -4.71. The number of fused-ring (bicyclic) bond motifs is 2. The predicted octanol–water partition coefficient (Wildman–Crippen LogP) is 8.69. The zero-order chi connectivity index (χ0) is 38.7. The molecule has 12 heteroatoms. The number of nitrogens with zero attached hydrogens (tertiary/aromatic N) is 3. The number of hydrogen-bond acceptors (Lipinski definition) is 9. The fourth-order valence-corrected chi connectivity index (χ4v) is 7.89. The van der Waals surface area contributed by atoms with Crippen LogP contribution in [0, 0.1) is 6.92 Å². The predicted molar refractivity (Wildman–Crippen MR) is 220 cm³/mol. The molecule has 3 heterocycles. The summed E-state index contributed by atoms with van der Waals surface area (Å²) < 4.78 is 13.0. The number of carbonyl (C=O) groups excluding carboxylic acids is 3. The Morgan fingerprint density at radius 3 is 2.42 bits per heavy atom. The molecule has 3 aromatic carbocycles. The van der Waals surface area contributed by atoms with Gasteiger partial charge in [0.25, 0.3) is 5.91 Å². The van der Waals surface area contributed by atoms with E-state index in [1.54, 1.807) is 12.0 Å².